The molecule has 0 saturated carbocycles. The van der Waals surface area contributed by atoms with Crippen molar-refractivity contribution in [2.24, 2.45) is 5.73 Å². The van der Waals surface area contributed by atoms with Crippen LogP contribution in [0.15, 0.2) is 42.6 Å². The Kier molecular flexibility index (Phi) is 4.29. The first kappa shape index (κ1) is 16.5. The molecule has 0 aliphatic carbocycles. The molecular weight excluding hydrogens is 328 g/mol. The van der Waals surface area contributed by atoms with Gasteiger partial charge in [-0.05, 0) is 30.7 Å². The lowest BCUT2D eigenvalue weighted by molar-refractivity contribution is 0.124. The number of imidazole rings is 1. The van der Waals surface area contributed by atoms with Crippen molar-refractivity contribution in [3.8, 4) is 6.07 Å². The fourth-order valence-corrected chi connectivity index (χ4v) is 3.36. The third kappa shape index (κ3) is 3.01. The van der Waals surface area contributed by atoms with Crippen LogP contribution in [-0.2, 0) is 6.54 Å². The number of aliphatic hydroxyl groups excluding tert-OH is 1. The van der Waals surface area contributed by atoms with E-state index in [0.29, 0.717) is 31.6 Å². The Hall–Kier alpha value is -2.95. The molecule has 1 saturated heterocycles. The Morgan fingerprint density at radius 2 is 2.12 bits per heavy atom. The summed E-state index contributed by atoms with van der Waals surface area (Å²) in [5.41, 5.74) is 9.40. The van der Waals surface area contributed by atoms with Crippen molar-refractivity contribution < 1.29 is 5.11 Å². The van der Waals surface area contributed by atoms with Gasteiger partial charge in [-0.25, -0.2) is 4.98 Å². The van der Waals surface area contributed by atoms with Crippen LogP contribution in [0.5, 0.6) is 0 Å². The van der Waals surface area contributed by atoms with E-state index in [0.717, 1.165) is 22.7 Å². The van der Waals surface area contributed by atoms with Crippen LogP contribution in [0.1, 0.15) is 17.7 Å². The first-order chi connectivity index (χ1) is 12.7. The van der Waals surface area contributed by atoms with E-state index in [1.807, 2.05) is 30.3 Å². The number of nitriles is 1. The number of anilines is 1. The predicted octanol–water partition coefficient (Wildman–Crippen LogP) is 1.25. The molecule has 1 fully saturated rings. The van der Waals surface area contributed by atoms with Crippen molar-refractivity contribution >= 4 is 17.0 Å². The van der Waals surface area contributed by atoms with Gasteiger partial charge in [-0.2, -0.15) is 5.26 Å². The quantitative estimate of drug-likeness (QED) is 0.738. The molecule has 0 radical (unpaired) electrons. The Morgan fingerprint density at radius 1 is 1.27 bits per heavy atom. The first-order valence-corrected chi connectivity index (χ1v) is 8.64. The van der Waals surface area contributed by atoms with Gasteiger partial charge in [-0.3, -0.25) is 4.98 Å². The maximum Gasteiger partial charge on any atom is 0.206 e. The average molecular weight is 348 g/mol. The maximum absolute atomic E-state index is 9.92. The fraction of sp³-hybridized carbons (Fsp3) is 0.316. The van der Waals surface area contributed by atoms with Crippen LogP contribution in [0.4, 0.5) is 5.95 Å². The molecule has 3 heterocycles. The van der Waals surface area contributed by atoms with Gasteiger partial charge in [0, 0.05) is 25.3 Å². The van der Waals surface area contributed by atoms with Gasteiger partial charge in [-0.15, -0.1) is 0 Å². The van der Waals surface area contributed by atoms with Crippen LogP contribution in [0, 0.1) is 11.3 Å². The largest absolute Gasteiger partial charge is 0.391 e. The summed E-state index contributed by atoms with van der Waals surface area (Å²) in [4.78, 5) is 11.3. The second kappa shape index (κ2) is 6.75. The molecule has 132 valence electrons. The van der Waals surface area contributed by atoms with Crippen LogP contribution < -0.4 is 10.6 Å². The monoisotopic (exact) mass is 348 g/mol. The van der Waals surface area contributed by atoms with E-state index in [-0.39, 0.29) is 6.04 Å². The molecule has 1 aliphatic heterocycles. The molecule has 1 aliphatic rings. The van der Waals surface area contributed by atoms with E-state index in [1.165, 1.54) is 0 Å². The smallest absolute Gasteiger partial charge is 0.206 e. The molecule has 7 heteroatoms. The van der Waals surface area contributed by atoms with Crippen molar-refractivity contribution in [3.63, 3.8) is 0 Å². The summed E-state index contributed by atoms with van der Waals surface area (Å²) in [5, 5.41) is 18.9. The highest BCUT2D eigenvalue weighted by Gasteiger charge is 2.28. The molecule has 0 bridgehead atoms. The molecule has 0 amide bonds. The highest BCUT2D eigenvalue weighted by atomic mass is 16.3. The van der Waals surface area contributed by atoms with Gasteiger partial charge >= 0.3 is 0 Å². The lowest BCUT2D eigenvalue weighted by Gasteiger charge is -2.35. The highest BCUT2D eigenvalue weighted by Crippen LogP contribution is 2.26. The van der Waals surface area contributed by atoms with Gasteiger partial charge in [-0.1, -0.05) is 12.1 Å². The third-order valence-corrected chi connectivity index (χ3v) is 4.81. The predicted molar refractivity (Wildman–Crippen MR) is 98.6 cm³/mol. The van der Waals surface area contributed by atoms with Crippen molar-refractivity contribution in [1.29, 1.82) is 5.26 Å². The van der Waals surface area contributed by atoms with Crippen LogP contribution in [0.2, 0.25) is 0 Å². The number of hydrogen-bond acceptors (Lipinski definition) is 6. The summed E-state index contributed by atoms with van der Waals surface area (Å²) in [6.45, 7) is 1.82. The summed E-state index contributed by atoms with van der Waals surface area (Å²) in [6.07, 6.45) is 1.74. The van der Waals surface area contributed by atoms with Gasteiger partial charge in [0.25, 0.3) is 0 Å². The molecule has 2 aromatic heterocycles. The lowest BCUT2D eigenvalue weighted by Crippen LogP contribution is -2.52. The van der Waals surface area contributed by atoms with E-state index in [9.17, 15) is 5.11 Å². The number of aromatic nitrogens is 3. The fourth-order valence-electron chi connectivity index (χ4n) is 3.36. The van der Waals surface area contributed by atoms with Gasteiger partial charge in [0.2, 0.25) is 5.95 Å². The minimum Gasteiger partial charge on any atom is -0.391 e. The molecule has 3 N–H and O–H groups in total. The minimum atomic E-state index is -0.468. The van der Waals surface area contributed by atoms with E-state index in [4.69, 9.17) is 16.0 Å². The number of aliphatic hydroxyl groups is 1. The minimum absolute atomic E-state index is 0.287. The molecular formula is C19H20N6O. The number of rotatable bonds is 3. The molecule has 4 rings (SSSR count). The van der Waals surface area contributed by atoms with Gasteiger partial charge in [0.1, 0.15) is 6.07 Å². The van der Waals surface area contributed by atoms with Crippen LogP contribution in [-0.4, -0.2) is 44.9 Å². The topological polar surface area (TPSA) is 104 Å². The summed E-state index contributed by atoms with van der Waals surface area (Å²) in [7, 11) is 0. The lowest BCUT2D eigenvalue weighted by atomic mass is 10.0. The highest BCUT2D eigenvalue weighted by molar-refractivity contribution is 5.79. The number of fused-ring (bicyclic) bond motifs is 1. The normalized spacial score (nSPS) is 20.3. The summed E-state index contributed by atoms with van der Waals surface area (Å²) in [5.74, 6) is 0.833. The van der Waals surface area contributed by atoms with Crippen molar-refractivity contribution in [2.45, 2.75) is 25.1 Å². The molecule has 3 aromatic rings. The third-order valence-electron chi connectivity index (χ3n) is 4.81. The van der Waals surface area contributed by atoms with Crippen molar-refractivity contribution in [1.82, 2.24) is 14.5 Å². The van der Waals surface area contributed by atoms with Crippen molar-refractivity contribution in [2.75, 3.05) is 18.0 Å². The molecule has 2 atom stereocenters. The number of hydrogen-bond donors (Lipinski definition) is 2. The molecule has 0 spiro atoms. The maximum atomic E-state index is 9.92. The summed E-state index contributed by atoms with van der Waals surface area (Å²) in [6, 6.07) is 13.4. The zero-order valence-electron chi connectivity index (χ0n) is 14.3. The number of para-hydroxylation sites is 2. The first-order valence-electron chi connectivity index (χ1n) is 8.64. The van der Waals surface area contributed by atoms with Crippen LogP contribution >= 0.6 is 0 Å². The second-order valence-electron chi connectivity index (χ2n) is 6.60. The van der Waals surface area contributed by atoms with Gasteiger partial charge in [0.15, 0.2) is 0 Å². The Morgan fingerprint density at radius 3 is 2.85 bits per heavy atom. The number of piperidine rings is 1. The summed E-state index contributed by atoms with van der Waals surface area (Å²) < 4.78 is 2.12. The molecule has 1 aromatic carbocycles. The van der Waals surface area contributed by atoms with E-state index < -0.39 is 6.10 Å². The Balaban J connectivity index is 1.73. The number of nitrogens with zero attached hydrogens (tertiary/aromatic N) is 5. The van der Waals surface area contributed by atoms with E-state index in [1.54, 1.807) is 12.3 Å². The molecule has 26 heavy (non-hydrogen) atoms. The van der Waals surface area contributed by atoms with Crippen LogP contribution in [0.3, 0.4) is 0 Å². The SMILES string of the molecule is N#Cc1ccc(Cn2c(N3CC[C@H](O)[C@@H](N)C3)nc3ccccc32)nc1. The van der Waals surface area contributed by atoms with Gasteiger partial charge < -0.3 is 20.3 Å². The molecule has 0 unspecified atom stereocenters. The zero-order valence-corrected chi connectivity index (χ0v) is 14.3. The van der Waals surface area contributed by atoms with Crippen molar-refractivity contribution in [3.05, 3.63) is 53.9 Å². The zero-order chi connectivity index (χ0) is 18.1. The number of pyridine rings is 1. The Labute approximate surface area is 151 Å². The summed E-state index contributed by atoms with van der Waals surface area (Å²) >= 11 is 0. The molecule has 7 nitrogen and oxygen atoms in total. The average Bonchev–Trinajstić information content (AvgIpc) is 3.03. The van der Waals surface area contributed by atoms with E-state index >= 15 is 0 Å². The second-order valence-corrected chi connectivity index (χ2v) is 6.60. The van der Waals surface area contributed by atoms with Gasteiger partial charge in [0.05, 0.1) is 34.9 Å². The van der Waals surface area contributed by atoms with E-state index in [2.05, 4.69) is 20.5 Å². The van der Waals surface area contributed by atoms with Crippen LogP contribution in [0.25, 0.3) is 11.0 Å². The standard InChI is InChI=1S/C19H20N6O/c20-9-13-5-6-14(22-10-13)11-25-17-4-2-1-3-16(17)23-19(25)24-8-7-18(26)15(21)12-24/h1-6,10,15,18,26H,7-8,11-12,21H2/t15-,18-/m0/s1. The number of nitrogens with two attached hydrogens (primary N) is 1. The Bertz CT molecular complexity index is 958. The number of benzene rings is 1.